The summed E-state index contributed by atoms with van der Waals surface area (Å²) in [6.07, 6.45) is 6.09. The van der Waals surface area contributed by atoms with Crippen LogP contribution in [0.3, 0.4) is 0 Å². The molecular formula is C16H27NO3. The molecule has 2 saturated carbocycles. The summed E-state index contributed by atoms with van der Waals surface area (Å²) in [4.78, 5) is 23.2. The van der Waals surface area contributed by atoms with Gasteiger partial charge in [-0.3, -0.25) is 9.59 Å². The molecule has 0 radical (unpaired) electrons. The van der Waals surface area contributed by atoms with Crippen LogP contribution >= 0.6 is 0 Å². The molecule has 2 aliphatic carbocycles. The molecule has 2 rings (SSSR count). The van der Waals surface area contributed by atoms with Crippen molar-refractivity contribution in [2.45, 2.75) is 64.8 Å². The molecular weight excluding hydrogens is 254 g/mol. The first-order chi connectivity index (χ1) is 9.47. The van der Waals surface area contributed by atoms with Gasteiger partial charge in [0, 0.05) is 12.0 Å². The van der Waals surface area contributed by atoms with Crippen molar-refractivity contribution in [3.8, 4) is 0 Å². The predicted octanol–water partition coefficient (Wildman–Crippen LogP) is 2.82. The largest absolute Gasteiger partial charge is 0.481 e. The van der Waals surface area contributed by atoms with Crippen LogP contribution in [0.5, 0.6) is 0 Å². The van der Waals surface area contributed by atoms with E-state index >= 15 is 0 Å². The van der Waals surface area contributed by atoms with Gasteiger partial charge in [-0.15, -0.1) is 0 Å². The van der Waals surface area contributed by atoms with Gasteiger partial charge in [0.1, 0.15) is 0 Å². The molecule has 4 heteroatoms. The fourth-order valence-corrected chi connectivity index (χ4v) is 3.60. The molecule has 3 atom stereocenters. The Morgan fingerprint density at radius 3 is 2.05 bits per heavy atom. The molecule has 114 valence electrons. The second-order valence-corrected chi connectivity index (χ2v) is 6.86. The molecule has 2 aliphatic rings. The second kappa shape index (κ2) is 6.59. The van der Waals surface area contributed by atoms with Gasteiger partial charge in [-0.25, -0.2) is 0 Å². The first-order valence-electron chi connectivity index (χ1n) is 8.00. The predicted molar refractivity (Wildman–Crippen MR) is 77.2 cm³/mol. The zero-order chi connectivity index (χ0) is 14.7. The number of nitrogens with one attached hydrogen (secondary N) is 1. The summed E-state index contributed by atoms with van der Waals surface area (Å²) in [6.45, 7) is 4.55. The van der Waals surface area contributed by atoms with Gasteiger partial charge in [-0.05, 0) is 56.8 Å². The lowest BCUT2D eigenvalue weighted by Crippen LogP contribution is -2.43. The fourth-order valence-electron chi connectivity index (χ4n) is 3.60. The van der Waals surface area contributed by atoms with Crippen LogP contribution in [0.1, 0.15) is 58.8 Å². The van der Waals surface area contributed by atoms with Crippen molar-refractivity contribution >= 4 is 11.9 Å². The van der Waals surface area contributed by atoms with Gasteiger partial charge in [0.2, 0.25) is 5.91 Å². The molecule has 0 heterocycles. The van der Waals surface area contributed by atoms with Crippen molar-refractivity contribution in [1.29, 1.82) is 0 Å². The van der Waals surface area contributed by atoms with Crippen molar-refractivity contribution in [2.75, 3.05) is 0 Å². The van der Waals surface area contributed by atoms with E-state index in [9.17, 15) is 9.59 Å². The molecule has 2 N–H and O–H groups in total. The lowest BCUT2D eigenvalue weighted by molar-refractivity contribution is -0.144. The number of hydrogen-bond donors (Lipinski definition) is 2. The highest BCUT2D eigenvalue weighted by molar-refractivity contribution is 5.79. The van der Waals surface area contributed by atoms with E-state index in [1.54, 1.807) is 0 Å². The third-order valence-corrected chi connectivity index (χ3v) is 5.39. The van der Waals surface area contributed by atoms with Crippen LogP contribution in [0.2, 0.25) is 0 Å². The molecule has 20 heavy (non-hydrogen) atoms. The first-order valence-corrected chi connectivity index (χ1v) is 8.00. The summed E-state index contributed by atoms with van der Waals surface area (Å²) in [7, 11) is 0. The van der Waals surface area contributed by atoms with Gasteiger partial charge in [-0.2, -0.15) is 0 Å². The summed E-state index contributed by atoms with van der Waals surface area (Å²) < 4.78 is 0. The summed E-state index contributed by atoms with van der Waals surface area (Å²) in [5.74, 6) is 0.667. The Morgan fingerprint density at radius 1 is 0.900 bits per heavy atom. The van der Waals surface area contributed by atoms with E-state index in [4.69, 9.17) is 5.11 Å². The average Bonchev–Trinajstić information content (AvgIpc) is 2.43. The third-order valence-electron chi connectivity index (χ3n) is 5.39. The number of amides is 1. The molecule has 0 aromatic rings. The van der Waals surface area contributed by atoms with Crippen molar-refractivity contribution in [3.05, 3.63) is 0 Å². The Hall–Kier alpha value is -1.06. The number of hydrogen-bond acceptors (Lipinski definition) is 2. The minimum Gasteiger partial charge on any atom is -0.481 e. The minimum atomic E-state index is -0.709. The van der Waals surface area contributed by atoms with Gasteiger partial charge in [-0.1, -0.05) is 13.8 Å². The molecule has 4 nitrogen and oxygen atoms in total. The van der Waals surface area contributed by atoms with Gasteiger partial charge in [0.05, 0.1) is 5.92 Å². The summed E-state index contributed by atoms with van der Waals surface area (Å²) in [6, 6.07) is 0.325. The maximum Gasteiger partial charge on any atom is 0.306 e. The monoisotopic (exact) mass is 281 g/mol. The van der Waals surface area contributed by atoms with E-state index in [0.717, 1.165) is 31.6 Å². The summed E-state index contributed by atoms with van der Waals surface area (Å²) >= 11 is 0. The molecule has 3 unspecified atom stereocenters. The smallest absolute Gasteiger partial charge is 0.306 e. The Morgan fingerprint density at radius 2 is 1.50 bits per heavy atom. The first kappa shape index (κ1) is 15.3. The van der Waals surface area contributed by atoms with Crippen LogP contribution in [0.4, 0.5) is 0 Å². The van der Waals surface area contributed by atoms with E-state index in [1.807, 2.05) is 0 Å². The quantitative estimate of drug-likeness (QED) is 0.836. The molecule has 0 aromatic heterocycles. The van der Waals surface area contributed by atoms with E-state index in [1.165, 1.54) is 6.42 Å². The number of carboxylic acids is 1. The molecule has 0 bridgehead atoms. The molecule has 0 saturated heterocycles. The van der Waals surface area contributed by atoms with Gasteiger partial charge in [0.15, 0.2) is 0 Å². The standard InChI is InChI=1S/C16H27NO3/c1-10-3-8-14(9-11(10)2)17-15(18)12-4-6-13(7-5-12)16(19)20/h10-14H,3-9H2,1-2H3,(H,17,18)(H,19,20). The number of aliphatic carboxylic acids is 1. The highest BCUT2D eigenvalue weighted by Gasteiger charge is 2.32. The van der Waals surface area contributed by atoms with Gasteiger partial charge < -0.3 is 10.4 Å². The van der Waals surface area contributed by atoms with E-state index < -0.39 is 5.97 Å². The van der Waals surface area contributed by atoms with Crippen LogP contribution < -0.4 is 5.32 Å². The van der Waals surface area contributed by atoms with Gasteiger partial charge in [0.25, 0.3) is 0 Å². The molecule has 0 spiro atoms. The minimum absolute atomic E-state index is 0.0280. The molecule has 2 fully saturated rings. The van der Waals surface area contributed by atoms with Gasteiger partial charge >= 0.3 is 5.97 Å². The highest BCUT2D eigenvalue weighted by Crippen LogP contribution is 2.31. The SMILES string of the molecule is CC1CCC(NC(=O)C2CCC(C(=O)O)CC2)CC1C. The Balaban J connectivity index is 1.77. The Kier molecular flexibility index (Phi) is 5.06. The summed E-state index contributed by atoms with van der Waals surface area (Å²) in [5, 5.41) is 12.2. The van der Waals surface area contributed by atoms with E-state index in [2.05, 4.69) is 19.2 Å². The maximum absolute atomic E-state index is 12.3. The number of rotatable bonds is 3. The highest BCUT2D eigenvalue weighted by atomic mass is 16.4. The molecule has 0 aliphatic heterocycles. The topological polar surface area (TPSA) is 66.4 Å². The van der Waals surface area contributed by atoms with Crippen LogP contribution in [-0.4, -0.2) is 23.0 Å². The normalized spacial score (nSPS) is 38.2. The van der Waals surface area contributed by atoms with Crippen molar-refractivity contribution < 1.29 is 14.7 Å². The van der Waals surface area contributed by atoms with Crippen molar-refractivity contribution in [2.24, 2.45) is 23.7 Å². The van der Waals surface area contributed by atoms with Crippen LogP contribution in [-0.2, 0) is 9.59 Å². The average molecular weight is 281 g/mol. The Bertz CT molecular complexity index is 361. The lowest BCUT2D eigenvalue weighted by Gasteiger charge is -2.34. The van der Waals surface area contributed by atoms with Crippen LogP contribution in [0.15, 0.2) is 0 Å². The van der Waals surface area contributed by atoms with Crippen molar-refractivity contribution in [3.63, 3.8) is 0 Å². The van der Waals surface area contributed by atoms with E-state index in [-0.39, 0.29) is 17.7 Å². The van der Waals surface area contributed by atoms with Crippen molar-refractivity contribution in [1.82, 2.24) is 5.32 Å². The fraction of sp³-hybridized carbons (Fsp3) is 0.875. The molecule has 1 amide bonds. The lowest BCUT2D eigenvalue weighted by atomic mass is 9.78. The zero-order valence-electron chi connectivity index (χ0n) is 12.6. The summed E-state index contributed by atoms with van der Waals surface area (Å²) in [5.41, 5.74) is 0. The van der Waals surface area contributed by atoms with Crippen LogP contribution in [0.25, 0.3) is 0 Å². The molecule has 0 aromatic carbocycles. The number of carbonyl (C=O) groups excluding carboxylic acids is 1. The number of carboxylic acid groups (broad SMARTS) is 1. The Labute approximate surface area is 121 Å². The van der Waals surface area contributed by atoms with E-state index in [0.29, 0.717) is 24.8 Å². The third kappa shape index (κ3) is 3.74. The maximum atomic E-state index is 12.3. The zero-order valence-corrected chi connectivity index (χ0v) is 12.6. The second-order valence-electron chi connectivity index (χ2n) is 6.86. The van der Waals surface area contributed by atoms with Crippen LogP contribution in [0, 0.1) is 23.7 Å². The number of carbonyl (C=O) groups is 2.